The second kappa shape index (κ2) is 54.0. The molecule has 9 nitrogen and oxygen atoms in total. The molecule has 0 fully saturated rings. The summed E-state index contributed by atoms with van der Waals surface area (Å²) in [6.07, 6.45) is 73.4. The second-order valence-corrected chi connectivity index (χ2v) is 22.5. The summed E-state index contributed by atoms with van der Waals surface area (Å²) in [5.74, 6) is -0.630. The number of nitrogens with zero attached hydrogens (tertiary/aromatic N) is 1. The molecule has 0 bridgehead atoms. The summed E-state index contributed by atoms with van der Waals surface area (Å²) in [5, 5.41) is 2.99. The average molecular weight is 1070 g/mol. The molecule has 75 heavy (non-hydrogen) atoms. The minimum Gasteiger partial charge on any atom is -0.756 e. The second-order valence-electron chi connectivity index (χ2n) is 21.1. The minimum absolute atomic E-state index is 0.0407. The Bertz CT molecular complexity index is 1650. The maximum atomic E-state index is 13.5. The molecule has 0 saturated heterocycles. The molecule has 430 valence electrons. The van der Waals surface area contributed by atoms with Gasteiger partial charge in [0.05, 0.1) is 33.8 Å². The normalized spacial score (nSPS) is 14.5. The van der Waals surface area contributed by atoms with Crippen molar-refractivity contribution in [2.24, 2.45) is 0 Å². The first kappa shape index (κ1) is 71.7. The first-order valence-electron chi connectivity index (χ1n) is 30.2. The number of unbranched alkanes of at least 4 members (excludes halogenated alkanes) is 21. The highest BCUT2D eigenvalue weighted by Gasteiger charge is 2.27. The molecule has 0 saturated carbocycles. The monoisotopic (exact) mass is 1060 g/mol. The van der Waals surface area contributed by atoms with Crippen LogP contribution in [-0.2, 0) is 27.9 Å². The van der Waals surface area contributed by atoms with Gasteiger partial charge in [-0.3, -0.25) is 14.2 Å². The van der Waals surface area contributed by atoms with E-state index in [2.05, 4.69) is 123 Å². The molecule has 3 atom stereocenters. The van der Waals surface area contributed by atoms with Crippen LogP contribution in [-0.4, -0.2) is 69.4 Å². The summed E-state index contributed by atoms with van der Waals surface area (Å²) in [6.45, 7) is 6.63. The standard InChI is InChI=1S/C65H113N2O7P/c1-7-10-13-16-19-22-25-28-30-32-33-35-37-40-43-46-49-52-55-58-65(69)74-63(56-53-50-47-44-41-38-27-24-21-18-15-12-9-3)62(61-73-75(70,71)72-60-59-67(4,5)6)66-64(68)57-54-51-48-45-42-39-36-34-31-29-26-23-20-17-14-11-8-2/h11,14,19-20,22-23,28-31,33,35-36,39,45,48,53,56,62-63H,7-10,12-13,15-18,21,24-27,32,34,37-38,40-44,46-47,49-52,54-55,57-61H2,1-6H3,(H-,66,68,70,71)/b14-11-,22-19-,23-20-,30-28-,31-29-,35-33-,39-36-,48-45-,56-53+. The van der Waals surface area contributed by atoms with Crippen LogP contribution in [0.15, 0.2) is 109 Å². The largest absolute Gasteiger partial charge is 0.756 e. The van der Waals surface area contributed by atoms with Crippen LogP contribution >= 0.6 is 7.82 Å². The fraction of sp³-hybridized carbons (Fsp3) is 0.692. The number of nitrogens with one attached hydrogen (secondary N) is 1. The molecular weight excluding hydrogens is 952 g/mol. The quantitative estimate of drug-likeness (QED) is 0.0212. The van der Waals surface area contributed by atoms with Gasteiger partial charge in [-0.15, -0.1) is 0 Å². The molecule has 0 aliphatic carbocycles. The van der Waals surface area contributed by atoms with Crippen molar-refractivity contribution in [3.8, 4) is 0 Å². The van der Waals surface area contributed by atoms with Crippen molar-refractivity contribution in [2.45, 2.75) is 251 Å². The Morgan fingerprint density at radius 2 is 0.867 bits per heavy atom. The number of carbonyl (C=O) groups excluding carboxylic acids is 2. The van der Waals surface area contributed by atoms with Crippen molar-refractivity contribution >= 4 is 19.7 Å². The van der Waals surface area contributed by atoms with Crippen molar-refractivity contribution in [2.75, 3.05) is 40.9 Å². The van der Waals surface area contributed by atoms with Gasteiger partial charge in [-0.1, -0.05) is 227 Å². The number of amides is 1. The number of likely N-dealkylation sites (N-methyl/N-ethyl adjacent to an activating group) is 1. The molecule has 0 aromatic carbocycles. The summed E-state index contributed by atoms with van der Waals surface area (Å²) in [4.78, 5) is 39.9. The predicted molar refractivity (Wildman–Crippen MR) is 320 cm³/mol. The maximum Gasteiger partial charge on any atom is 0.306 e. The molecule has 0 rings (SSSR count). The smallest absolute Gasteiger partial charge is 0.306 e. The fourth-order valence-corrected chi connectivity index (χ4v) is 8.76. The lowest BCUT2D eigenvalue weighted by Crippen LogP contribution is -2.47. The molecule has 0 radical (unpaired) electrons. The highest BCUT2D eigenvalue weighted by atomic mass is 31.2. The number of hydrogen-bond acceptors (Lipinski definition) is 7. The third-order valence-corrected chi connectivity index (χ3v) is 13.7. The Balaban J connectivity index is 5.44. The SMILES string of the molecule is CC/C=C\C/C=C\C/C=C\C/C=C\C/C=C\CCCC(=O)NC(COP(=O)([O-])OCC[N+](C)(C)C)C(/C=C/CCCCCCCCCCCCC)OC(=O)CCCCCCCC/C=C\C/C=C\C/C=C\CCCCC. The number of rotatable bonds is 53. The van der Waals surface area contributed by atoms with Gasteiger partial charge in [0.2, 0.25) is 5.91 Å². The number of hydrogen-bond donors (Lipinski definition) is 1. The van der Waals surface area contributed by atoms with Crippen LogP contribution in [0.5, 0.6) is 0 Å². The van der Waals surface area contributed by atoms with E-state index in [-0.39, 0.29) is 31.3 Å². The van der Waals surface area contributed by atoms with Crippen LogP contribution < -0.4 is 10.2 Å². The van der Waals surface area contributed by atoms with Crippen molar-refractivity contribution < 1.29 is 37.3 Å². The molecular formula is C65H113N2O7P. The Kier molecular flexibility index (Phi) is 51.6. The van der Waals surface area contributed by atoms with Gasteiger partial charge < -0.3 is 28.5 Å². The molecule has 0 aliphatic heterocycles. The molecule has 0 aliphatic rings. The first-order valence-corrected chi connectivity index (χ1v) is 31.7. The molecule has 0 aromatic rings. The topological polar surface area (TPSA) is 114 Å². The van der Waals surface area contributed by atoms with E-state index in [1.54, 1.807) is 0 Å². The molecule has 0 aromatic heterocycles. The third kappa shape index (κ3) is 55.2. The lowest BCUT2D eigenvalue weighted by atomic mass is 10.0. The maximum absolute atomic E-state index is 13.5. The lowest BCUT2D eigenvalue weighted by Gasteiger charge is -2.30. The Labute approximate surface area is 461 Å². The van der Waals surface area contributed by atoms with Crippen molar-refractivity contribution in [3.05, 3.63) is 109 Å². The van der Waals surface area contributed by atoms with E-state index in [1.807, 2.05) is 33.3 Å². The number of esters is 1. The van der Waals surface area contributed by atoms with Crippen molar-refractivity contribution in [3.63, 3.8) is 0 Å². The zero-order valence-electron chi connectivity index (χ0n) is 49.0. The van der Waals surface area contributed by atoms with Crippen LogP contribution in [0.2, 0.25) is 0 Å². The van der Waals surface area contributed by atoms with E-state index >= 15 is 0 Å². The van der Waals surface area contributed by atoms with Gasteiger partial charge in [0.25, 0.3) is 7.82 Å². The predicted octanol–water partition coefficient (Wildman–Crippen LogP) is 17.9. The van der Waals surface area contributed by atoms with E-state index in [1.165, 1.54) is 83.5 Å². The van der Waals surface area contributed by atoms with E-state index < -0.39 is 26.6 Å². The highest BCUT2D eigenvalue weighted by Crippen LogP contribution is 2.38. The van der Waals surface area contributed by atoms with Crippen LogP contribution in [0, 0.1) is 0 Å². The van der Waals surface area contributed by atoms with Gasteiger partial charge in [0.15, 0.2) is 0 Å². The molecule has 1 N–H and O–H groups in total. The average Bonchev–Trinajstić information content (AvgIpc) is 3.37. The van der Waals surface area contributed by atoms with E-state index in [0.717, 1.165) is 109 Å². The Morgan fingerprint density at radius 1 is 0.480 bits per heavy atom. The minimum atomic E-state index is -4.72. The van der Waals surface area contributed by atoms with E-state index in [0.29, 0.717) is 23.9 Å². The molecule has 10 heteroatoms. The molecule has 0 heterocycles. The van der Waals surface area contributed by atoms with Gasteiger partial charge in [-0.2, -0.15) is 0 Å². The van der Waals surface area contributed by atoms with Gasteiger partial charge >= 0.3 is 5.97 Å². The Hall–Kier alpha value is -3.33. The fourth-order valence-electron chi connectivity index (χ4n) is 8.03. The molecule has 1 amide bonds. The van der Waals surface area contributed by atoms with Crippen LogP contribution in [0.25, 0.3) is 0 Å². The Morgan fingerprint density at radius 3 is 1.33 bits per heavy atom. The van der Waals surface area contributed by atoms with E-state index in [9.17, 15) is 19.0 Å². The number of phosphoric acid groups is 1. The zero-order valence-corrected chi connectivity index (χ0v) is 49.9. The summed E-state index contributed by atoms with van der Waals surface area (Å²) in [7, 11) is 1.13. The van der Waals surface area contributed by atoms with Gasteiger partial charge in [0.1, 0.15) is 19.3 Å². The number of carbonyl (C=O) groups is 2. The van der Waals surface area contributed by atoms with Crippen LogP contribution in [0.3, 0.4) is 0 Å². The van der Waals surface area contributed by atoms with E-state index in [4.69, 9.17) is 13.8 Å². The number of phosphoric ester groups is 1. The van der Waals surface area contributed by atoms with Gasteiger partial charge in [0, 0.05) is 12.8 Å². The van der Waals surface area contributed by atoms with Gasteiger partial charge in [-0.05, 0) is 109 Å². The summed E-state index contributed by atoms with van der Waals surface area (Å²) < 4.78 is 30.2. The number of quaternary nitrogens is 1. The van der Waals surface area contributed by atoms with Crippen molar-refractivity contribution in [1.82, 2.24) is 5.32 Å². The highest BCUT2D eigenvalue weighted by molar-refractivity contribution is 7.45. The first-order chi connectivity index (χ1) is 36.4. The zero-order chi connectivity index (χ0) is 55.0. The number of allylic oxidation sites excluding steroid dienone is 17. The summed E-state index contributed by atoms with van der Waals surface area (Å²) in [5.41, 5.74) is 0. The van der Waals surface area contributed by atoms with Crippen LogP contribution in [0.4, 0.5) is 0 Å². The molecule has 0 spiro atoms. The van der Waals surface area contributed by atoms with Crippen molar-refractivity contribution in [1.29, 1.82) is 0 Å². The lowest BCUT2D eigenvalue weighted by molar-refractivity contribution is -0.870. The molecule has 3 unspecified atom stereocenters. The van der Waals surface area contributed by atoms with Gasteiger partial charge in [-0.25, -0.2) is 0 Å². The summed E-state index contributed by atoms with van der Waals surface area (Å²) >= 11 is 0. The van der Waals surface area contributed by atoms with Crippen LogP contribution in [0.1, 0.15) is 239 Å². The summed E-state index contributed by atoms with van der Waals surface area (Å²) in [6, 6.07) is -0.930. The number of ether oxygens (including phenoxy) is 1. The third-order valence-electron chi connectivity index (χ3n) is 12.7.